The zero-order valence-corrected chi connectivity index (χ0v) is 13.8. The highest BCUT2D eigenvalue weighted by Gasteiger charge is 2.56. The maximum Gasteiger partial charge on any atom is 0.246 e. The second kappa shape index (κ2) is 6.18. The number of nitriles is 1. The third-order valence-electron chi connectivity index (χ3n) is 6.19. The van der Waals surface area contributed by atoms with Crippen molar-refractivity contribution in [1.29, 1.82) is 5.26 Å². The van der Waals surface area contributed by atoms with Crippen molar-refractivity contribution < 1.29 is 9.59 Å². The fourth-order valence-corrected chi connectivity index (χ4v) is 5.76. The average Bonchev–Trinajstić information content (AvgIpc) is 2.48. The van der Waals surface area contributed by atoms with Crippen molar-refractivity contribution in [2.75, 3.05) is 13.1 Å². The van der Waals surface area contributed by atoms with Crippen molar-refractivity contribution in [2.24, 2.45) is 23.2 Å². The Morgan fingerprint density at radius 1 is 1.26 bits per heavy atom. The van der Waals surface area contributed by atoms with E-state index in [-0.39, 0.29) is 17.9 Å². The highest BCUT2D eigenvalue weighted by Crippen LogP contribution is 2.61. The molecule has 2 radical (unpaired) electrons. The van der Waals surface area contributed by atoms with Crippen LogP contribution in [0, 0.1) is 34.5 Å². The van der Waals surface area contributed by atoms with Gasteiger partial charge in [-0.3, -0.25) is 9.59 Å². The first-order chi connectivity index (χ1) is 11.0. The van der Waals surface area contributed by atoms with Gasteiger partial charge in [0.1, 0.15) is 12.6 Å². The Hall–Kier alpha value is -1.51. The lowest BCUT2D eigenvalue weighted by molar-refractivity contribution is -0.143. The second-order valence-corrected chi connectivity index (χ2v) is 7.73. The van der Waals surface area contributed by atoms with Gasteiger partial charge >= 0.3 is 0 Å². The number of amides is 2. The van der Waals surface area contributed by atoms with Gasteiger partial charge in [-0.05, 0) is 63.2 Å². The van der Waals surface area contributed by atoms with Crippen LogP contribution in [0.3, 0.4) is 0 Å². The van der Waals surface area contributed by atoms with Crippen molar-refractivity contribution in [3.05, 3.63) is 0 Å². The molecule has 122 valence electrons. The van der Waals surface area contributed by atoms with Gasteiger partial charge in [-0.25, -0.2) is 0 Å². The minimum atomic E-state index is -0.646. The predicted octanol–water partition coefficient (Wildman–Crippen LogP) is 1.82. The number of rotatable bonds is 5. The van der Waals surface area contributed by atoms with Crippen molar-refractivity contribution in [1.82, 2.24) is 10.2 Å². The van der Waals surface area contributed by atoms with E-state index in [9.17, 15) is 9.59 Å². The molecule has 0 saturated heterocycles. The molecule has 0 aromatic rings. The summed E-state index contributed by atoms with van der Waals surface area (Å²) in [6.45, 7) is 2.38. The SMILES string of the molecule is [B]C(=O)N[C@H](C(=O)N(CC)CC#N)C12CC3CC(CC(C3)C1)C2. The Morgan fingerprint density at radius 2 is 1.78 bits per heavy atom. The molecule has 2 amide bonds. The molecule has 4 fully saturated rings. The molecular weight excluding hydrogens is 289 g/mol. The number of nitrogens with zero attached hydrogens (tertiary/aromatic N) is 2. The van der Waals surface area contributed by atoms with Crippen LogP contribution in [0.2, 0.25) is 0 Å². The van der Waals surface area contributed by atoms with Crippen molar-refractivity contribution in [2.45, 2.75) is 51.5 Å². The molecule has 1 N–H and O–H groups in total. The Bertz CT molecular complexity index is 507. The third kappa shape index (κ3) is 2.98. The van der Waals surface area contributed by atoms with Crippen molar-refractivity contribution >= 4 is 19.6 Å². The molecule has 0 spiro atoms. The van der Waals surface area contributed by atoms with Gasteiger partial charge in [0.05, 0.1) is 6.07 Å². The molecule has 1 atom stereocenters. The Balaban J connectivity index is 1.88. The van der Waals surface area contributed by atoms with Gasteiger partial charge in [-0.1, -0.05) is 0 Å². The van der Waals surface area contributed by atoms with Crippen LogP contribution in [0.25, 0.3) is 0 Å². The summed E-state index contributed by atoms with van der Waals surface area (Å²) in [7, 11) is 5.38. The molecule has 4 saturated carbocycles. The highest BCUT2D eigenvalue weighted by molar-refractivity contribution is 6.57. The minimum Gasteiger partial charge on any atom is -0.354 e. The van der Waals surface area contributed by atoms with Crippen LogP contribution in [0.5, 0.6) is 0 Å². The van der Waals surface area contributed by atoms with Gasteiger partial charge in [-0.15, -0.1) is 0 Å². The minimum absolute atomic E-state index is 0.0542. The smallest absolute Gasteiger partial charge is 0.246 e. The number of likely N-dealkylation sites (N-methyl/N-ethyl adjacent to an activating group) is 1. The summed E-state index contributed by atoms with van der Waals surface area (Å²) in [4.78, 5) is 26.1. The molecule has 0 aromatic carbocycles. The van der Waals surface area contributed by atoms with Crippen LogP contribution >= 0.6 is 0 Å². The number of carbonyl (C=O) groups is 2. The standard InChI is InChI=1S/C17H24BN3O2/c1-2-21(4-3-19)15(22)14(20-16(18)23)17-8-11-5-12(9-17)7-13(6-11)10-17/h11-14H,2,4-10H2,1H3,(H,20,23)/t11?,12?,13?,14-,17?/m1/s1. The van der Waals surface area contributed by atoms with E-state index in [1.807, 2.05) is 13.0 Å². The lowest BCUT2D eigenvalue weighted by Gasteiger charge is -2.59. The van der Waals surface area contributed by atoms with E-state index in [0.29, 0.717) is 24.3 Å². The van der Waals surface area contributed by atoms with Crippen LogP contribution in [0.4, 0.5) is 4.79 Å². The van der Waals surface area contributed by atoms with Crippen molar-refractivity contribution in [3.8, 4) is 6.07 Å². The molecular formula is C17H24BN3O2. The fraction of sp³-hybridized carbons (Fsp3) is 0.824. The van der Waals surface area contributed by atoms with Gasteiger partial charge in [0.2, 0.25) is 13.8 Å². The van der Waals surface area contributed by atoms with Gasteiger partial charge in [-0.2, -0.15) is 5.26 Å². The molecule has 4 bridgehead atoms. The molecule has 4 aliphatic rings. The summed E-state index contributed by atoms with van der Waals surface area (Å²) in [5, 5.41) is 11.7. The summed E-state index contributed by atoms with van der Waals surface area (Å²) >= 11 is 0. The molecule has 4 aliphatic carbocycles. The van der Waals surface area contributed by atoms with Crippen LogP contribution in [0.15, 0.2) is 0 Å². The number of nitrogens with one attached hydrogen (secondary N) is 1. The summed E-state index contributed by atoms with van der Waals surface area (Å²) in [6, 6.07) is 1.46. The molecule has 4 rings (SSSR count). The van der Waals surface area contributed by atoms with E-state index in [4.69, 9.17) is 13.1 Å². The molecule has 0 aliphatic heterocycles. The Kier molecular flexibility index (Phi) is 4.40. The molecule has 0 heterocycles. The first-order valence-corrected chi connectivity index (χ1v) is 8.69. The lowest BCUT2D eigenvalue weighted by atomic mass is 9.47. The fourth-order valence-electron chi connectivity index (χ4n) is 5.76. The van der Waals surface area contributed by atoms with Gasteiger partial charge < -0.3 is 10.2 Å². The summed E-state index contributed by atoms with van der Waals surface area (Å²) < 4.78 is 0. The number of hydrogen-bond donors (Lipinski definition) is 1. The van der Waals surface area contributed by atoms with Gasteiger partial charge in [0.15, 0.2) is 5.81 Å². The Morgan fingerprint density at radius 3 is 2.17 bits per heavy atom. The maximum absolute atomic E-state index is 13.0. The third-order valence-corrected chi connectivity index (χ3v) is 6.19. The number of carbonyl (C=O) groups excluding carboxylic acids is 2. The van der Waals surface area contributed by atoms with E-state index in [0.717, 1.165) is 19.3 Å². The summed E-state index contributed by atoms with van der Waals surface area (Å²) in [6.07, 6.45) is 6.81. The number of hydrogen-bond acceptors (Lipinski definition) is 3. The first kappa shape index (κ1) is 16.4. The lowest BCUT2D eigenvalue weighted by Crippen LogP contribution is -2.62. The van der Waals surface area contributed by atoms with E-state index >= 15 is 0 Å². The Labute approximate surface area is 139 Å². The summed E-state index contributed by atoms with van der Waals surface area (Å²) in [5.41, 5.74) is -0.163. The molecule has 0 unspecified atom stereocenters. The van der Waals surface area contributed by atoms with E-state index < -0.39 is 11.8 Å². The normalized spacial score (nSPS) is 35.4. The molecule has 0 aromatic heterocycles. The van der Waals surface area contributed by atoms with Crippen LogP contribution in [-0.2, 0) is 4.79 Å². The first-order valence-electron chi connectivity index (χ1n) is 8.69. The van der Waals surface area contributed by atoms with E-state index in [2.05, 4.69) is 5.32 Å². The van der Waals surface area contributed by atoms with Gasteiger partial charge in [0, 0.05) is 12.0 Å². The van der Waals surface area contributed by atoms with Crippen LogP contribution in [-0.4, -0.2) is 43.6 Å². The molecule has 6 heteroatoms. The monoisotopic (exact) mass is 313 g/mol. The maximum atomic E-state index is 13.0. The quantitative estimate of drug-likeness (QED) is 0.621. The van der Waals surface area contributed by atoms with Gasteiger partial charge in [0.25, 0.3) is 0 Å². The van der Waals surface area contributed by atoms with Crippen LogP contribution < -0.4 is 5.32 Å². The predicted molar refractivity (Wildman–Crippen MR) is 86.5 cm³/mol. The highest BCUT2D eigenvalue weighted by atomic mass is 16.2. The van der Waals surface area contributed by atoms with Crippen LogP contribution in [0.1, 0.15) is 45.4 Å². The van der Waals surface area contributed by atoms with E-state index in [1.165, 1.54) is 24.2 Å². The second-order valence-electron chi connectivity index (χ2n) is 7.73. The largest absolute Gasteiger partial charge is 0.354 e. The average molecular weight is 313 g/mol. The zero-order valence-electron chi connectivity index (χ0n) is 13.8. The zero-order chi connectivity index (χ0) is 16.6. The topological polar surface area (TPSA) is 73.2 Å². The molecule has 23 heavy (non-hydrogen) atoms. The summed E-state index contributed by atoms with van der Waals surface area (Å²) in [5.74, 6) is 1.24. The van der Waals surface area contributed by atoms with E-state index in [1.54, 1.807) is 0 Å². The van der Waals surface area contributed by atoms with Crippen molar-refractivity contribution in [3.63, 3.8) is 0 Å². The molecule has 5 nitrogen and oxygen atoms in total.